The van der Waals surface area contributed by atoms with E-state index in [1.54, 1.807) is 21.9 Å². The molecule has 0 radical (unpaired) electrons. The van der Waals surface area contributed by atoms with Gasteiger partial charge in [-0.3, -0.25) is 19.2 Å². The van der Waals surface area contributed by atoms with Gasteiger partial charge in [0.1, 0.15) is 0 Å². The molecule has 4 aromatic carbocycles. The van der Waals surface area contributed by atoms with Gasteiger partial charge in [-0.1, -0.05) is 70.7 Å². The molecular formula is C56H68Cl4N6O12. The van der Waals surface area contributed by atoms with Crippen molar-refractivity contribution in [2.24, 2.45) is 0 Å². The van der Waals surface area contributed by atoms with Crippen LogP contribution >= 0.6 is 46.4 Å². The van der Waals surface area contributed by atoms with Crippen LogP contribution in [0.3, 0.4) is 0 Å². The second kappa shape index (κ2) is 28.8. The molecule has 78 heavy (non-hydrogen) atoms. The number of nitrogens with one attached hydrogen (secondary N) is 2. The molecule has 0 spiro atoms. The quantitative estimate of drug-likeness (QED) is 0.0523. The molecule has 4 aliphatic rings. The number of aliphatic hydroxyl groups excluding tert-OH is 2. The normalized spacial score (nSPS) is 17.9. The van der Waals surface area contributed by atoms with Crippen molar-refractivity contribution < 1.29 is 57.8 Å². The van der Waals surface area contributed by atoms with Gasteiger partial charge < -0.3 is 68.9 Å². The number of carbonyl (C=O) groups excluding carboxylic acids is 4. The van der Waals surface area contributed by atoms with E-state index in [2.05, 4.69) is 46.7 Å². The number of halogens is 4. The molecule has 2 unspecified atom stereocenters. The SMILES string of the molecule is CN1Cc2c(Cl)cc(Cl)cc2C(c2ccc3c(c2)C(=O)N(CCOCCOCCOCCNC(=O)[C@@H](O)[C@@H](O)C(=O)NCCOCCOCCOCCN2Cc4ccc(C5CN(C)Cc6c(Cl)cc(Cl)cc65)cc4C2=O)C3)C1. The highest BCUT2D eigenvalue weighted by Crippen LogP contribution is 2.41. The lowest BCUT2D eigenvalue weighted by atomic mass is 9.84. The zero-order valence-corrected chi connectivity index (χ0v) is 46.9. The molecule has 4 aromatic rings. The van der Waals surface area contributed by atoms with E-state index in [4.69, 9.17) is 74.8 Å². The fraction of sp³-hybridized carbons (Fsp3) is 0.500. The number of benzene rings is 4. The van der Waals surface area contributed by atoms with E-state index in [0.29, 0.717) is 97.0 Å². The van der Waals surface area contributed by atoms with Gasteiger partial charge >= 0.3 is 0 Å². The molecule has 22 heteroatoms. The molecule has 4 heterocycles. The van der Waals surface area contributed by atoms with Crippen LogP contribution in [-0.2, 0) is 64.2 Å². The van der Waals surface area contributed by atoms with Crippen LogP contribution in [0.15, 0.2) is 60.7 Å². The zero-order chi connectivity index (χ0) is 55.3. The lowest BCUT2D eigenvalue weighted by molar-refractivity contribution is -0.146. The van der Waals surface area contributed by atoms with E-state index in [1.807, 2.05) is 36.4 Å². The number of ether oxygens (including phenoxy) is 6. The summed E-state index contributed by atoms with van der Waals surface area (Å²) in [7, 11) is 4.12. The maximum atomic E-state index is 13.4. The van der Waals surface area contributed by atoms with Crippen LogP contribution in [-0.4, -0.2) is 198 Å². The van der Waals surface area contributed by atoms with Gasteiger partial charge in [-0.25, -0.2) is 0 Å². The standard InChI is InChI=1S/C56H68Cl4N6O12/c1-63-31-45(43-25-39(57)27-49(59)47(43)33-63)35-3-5-37-29-65(55(71)41(37)23-35)9-13-75-17-21-77-19-15-73-11-7-61-53(69)51(67)52(68)54(70)62-8-12-74-16-20-78-22-18-76-14-10-66-30-38-6-4-36(24-42(38)56(66)72)46-32-64(2)34-48-44(46)26-40(58)28-50(48)60/h3-6,23-28,45-46,51-52,67-68H,7-22,29-34H2,1-2H3,(H,61,69)(H,62,70)/t45?,46?,51-,52+. The van der Waals surface area contributed by atoms with Crippen LogP contribution in [0.1, 0.15) is 77.1 Å². The second-order valence-corrected chi connectivity index (χ2v) is 21.5. The lowest BCUT2D eigenvalue weighted by Gasteiger charge is -2.33. The summed E-state index contributed by atoms with van der Waals surface area (Å²) in [6.07, 6.45) is -3.97. The van der Waals surface area contributed by atoms with Crippen molar-refractivity contribution in [3.8, 4) is 0 Å². The molecule has 8 rings (SSSR count). The first-order chi connectivity index (χ1) is 37.7. The van der Waals surface area contributed by atoms with Crippen molar-refractivity contribution >= 4 is 70.0 Å². The molecule has 4 atom stereocenters. The Bertz CT molecular complexity index is 2580. The number of nitrogens with zero attached hydrogens (tertiary/aromatic N) is 4. The molecule has 18 nitrogen and oxygen atoms in total. The van der Waals surface area contributed by atoms with E-state index in [1.165, 1.54) is 0 Å². The van der Waals surface area contributed by atoms with Crippen LogP contribution in [0.25, 0.3) is 0 Å². The summed E-state index contributed by atoms with van der Waals surface area (Å²) in [6.45, 7) is 8.30. The van der Waals surface area contributed by atoms with Gasteiger partial charge in [0.25, 0.3) is 23.6 Å². The monoisotopic (exact) mass is 1160 g/mol. The minimum absolute atomic E-state index is 0.0240. The van der Waals surface area contributed by atoms with Gasteiger partial charge in [-0.05, 0) is 95.0 Å². The third-order valence-electron chi connectivity index (χ3n) is 14.2. The highest BCUT2D eigenvalue weighted by molar-refractivity contribution is 6.35. The number of rotatable bonds is 29. The second-order valence-electron chi connectivity index (χ2n) is 19.8. The Morgan fingerprint density at radius 1 is 0.526 bits per heavy atom. The summed E-state index contributed by atoms with van der Waals surface area (Å²) in [5, 5.41) is 27.8. The zero-order valence-electron chi connectivity index (χ0n) is 43.9. The van der Waals surface area contributed by atoms with Gasteiger partial charge in [0, 0.05) is 109 Å². The van der Waals surface area contributed by atoms with Crippen LogP contribution in [0, 0.1) is 0 Å². The Morgan fingerprint density at radius 3 is 1.27 bits per heavy atom. The van der Waals surface area contributed by atoms with Gasteiger partial charge in [-0.15, -0.1) is 0 Å². The number of hydrogen-bond donors (Lipinski definition) is 4. The largest absolute Gasteiger partial charge is 0.380 e. The first-order valence-electron chi connectivity index (χ1n) is 26.2. The molecule has 0 fully saturated rings. The molecule has 422 valence electrons. The van der Waals surface area contributed by atoms with Crippen LogP contribution in [0.2, 0.25) is 20.1 Å². The summed E-state index contributed by atoms with van der Waals surface area (Å²) >= 11 is 25.9. The van der Waals surface area contributed by atoms with Crippen LogP contribution < -0.4 is 10.6 Å². The molecule has 0 saturated carbocycles. The maximum Gasteiger partial charge on any atom is 0.254 e. The highest BCUT2D eigenvalue weighted by atomic mass is 35.5. The summed E-state index contributed by atoms with van der Waals surface area (Å²) in [4.78, 5) is 59.4. The third kappa shape index (κ3) is 15.5. The van der Waals surface area contributed by atoms with E-state index in [-0.39, 0.29) is 76.4 Å². The van der Waals surface area contributed by atoms with E-state index in [0.717, 1.165) is 70.7 Å². The highest BCUT2D eigenvalue weighted by Gasteiger charge is 2.34. The summed E-state index contributed by atoms with van der Waals surface area (Å²) in [5.41, 5.74) is 9.79. The Labute approximate surface area is 475 Å². The Balaban J connectivity index is 0.588. The lowest BCUT2D eigenvalue weighted by Crippen LogP contribution is -2.50. The van der Waals surface area contributed by atoms with E-state index < -0.39 is 24.0 Å². The van der Waals surface area contributed by atoms with Crippen LogP contribution in [0.4, 0.5) is 0 Å². The van der Waals surface area contributed by atoms with Gasteiger partial charge in [0.05, 0.1) is 79.3 Å². The third-order valence-corrected chi connectivity index (χ3v) is 15.4. The van der Waals surface area contributed by atoms with Crippen molar-refractivity contribution in [1.82, 2.24) is 30.2 Å². The minimum atomic E-state index is -1.99. The average molecular weight is 1160 g/mol. The van der Waals surface area contributed by atoms with Gasteiger partial charge in [-0.2, -0.15) is 0 Å². The average Bonchev–Trinajstić information content (AvgIpc) is 3.95. The molecule has 0 aliphatic carbocycles. The van der Waals surface area contributed by atoms with Crippen molar-refractivity contribution in [3.63, 3.8) is 0 Å². The summed E-state index contributed by atoms with van der Waals surface area (Å²) in [6, 6.07) is 19.8. The Hall–Kier alpha value is -4.48. The van der Waals surface area contributed by atoms with E-state index >= 15 is 0 Å². The predicted molar refractivity (Wildman–Crippen MR) is 295 cm³/mol. The van der Waals surface area contributed by atoms with Crippen molar-refractivity contribution in [2.45, 2.75) is 50.2 Å². The molecule has 4 amide bonds. The first-order valence-corrected chi connectivity index (χ1v) is 27.7. The fourth-order valence-corrected chi connectivity index (χ4v) is 11.4. The van der Waals surface area contributed by atoms with Crippen molar-refractivity contribution in [1.29, 1.82) is 0 Å². The predicted octanol–water partition coefficient (Wildman–Crippen LogP) is 5.12. The van der Waals surface area contributed by atoms with Gasteiger partial charge in [0.15, 0.2) is 12.2 Å². The molecule has 4 aliphatic heterocycles. The number of carbonyl (C=O) groups is 4. The van der Waals surface area contributed by atoms with Gasteiger partial charge in [0.2, 0.25) is 0 Å². The number of aliphatic hydroxyl groups is 2. The number of hydrogen-bond acceptors (Lipinski definition) is 14. The summed E-state index contributed by atoms with van der Waals surface area (Å²) in [5.74, 6) is -1.82. The minimum Gasteiger partial charge on any atom is -0.380 e. The summed E-state index contributed by atoms with van der Waals surface area (Å²) < 4.78 is 33.5. The van der Waals surface area contributed by atoms with E-state index in [9.17, 15) is 29.4 Å². The van der Waals surface area contributed by atoms with Crippen molar-refractivity contribution in [3.05, 3.63) is 136 Å². The Morgan fingerprint density at radius 2 is 0.885 bits per heavy atom. The topological polar surface area (TPSA) is 201 Å². The number of fused-ring (bicyclic) bond motifs is 4. The number of amides is 4. The number of likely N-dealkylation sites (N-methyl/N-ethyl adjacent to an activating group) is 2. The molecule has 0 bridgehead atoms. The molecule has 0 saturated heterocycles. The first kappa shape index (κ1) is 59.6. The fourth-order valence-electron chi connectivity index (χ4n) is 10.2. The van der Waals surface area contributed by atoms with Crippen molar-refractivity contribution in [2.75, 3.05) is 133 Å². The Kier molecular flexibility index (Phi) is 22.0. The maximum absolute atomic E-state index is 13.4. The molecular weight excluding hydrogens is 1090 g/mol. The van der Waals surface area contributed by atoms with Crippen LogP contribution in [0.5, 0.6) is 0 Å². The molecule has 4 N–H and O–H groups in total. The smallest absolute Gasteiger partial charge is 0.254 e. The molecule has 0 aromatic heterocycles.